The van der Waals surface area contributed by atoms with E-state index in [0.717, 1.165) is 25.4 Å². The lowest BCUT2D eigenvalue weighted by Gasteiger charge is -2.14. The van der Waals surface area contributed by atoms with Gasteiger partial charge >= 0.3 is 0 Å². The summed E-state index contributed by atoms with van der Waals surface area (Å²) in [6.45, 7) is 8.33. The third kappa shape index (κ3) is 7.16. The normalized spacial score (nSPS) is 12.4. The minimum atomic E-state index is 0.249. The summed E-state index contributed by atoms with van der Waals surface area (Å²) in [6, 6.07) is 4.06. The molecular formula is C16H28N2O. The second-order valence-corrected chi connectivity index (χ2v) is 5.06. The highest BCUT2D eigenvalue weighted by molar-refractivity contribution is 5.20. The molecule has 1 heterocycles. The van der Waals surface area contributed by atoms with E-state index in [2.05, 4.69) is 31.1 Å². The monoisotopic (exact) mass is 264 g/mol. The molecule has 1 unspecified atom stereocenters. The van der Waals surface area contributed by atoms with E-state index < -0.39 is 0 Å². The average Bonchev–Trinajstić information content (AvgIpc) is 2.42. The third-order valence-corrected chi connectivity index (χ3v) is 3.16. The Hall–Kier alpha value is -1.09. The summed E-state index contributed by atoms with van der Waals surface area (Å²) in [5.41, 5.74) is 1.23. The number of pyridine rings is 1. The van der Waals surface area contributed by atoms with Crippen molar-refractivity contribution in [3.05, 3.63) is 23.9 Å². The molecule has 0 amide bonds. The SMILES string of the molecule is CCCCCCC(C)Oc1cc(CNCC)ccn1. The van der Waals surface area contributed by atoms with Crippen LogP contribution in [0.1, 0.15) is 58.4 Å². The van der Waals surface area contributed by atoms with Crippen LogP contribution in [0.3, 0.4) is 0 Å². The number of hydrogen-bond donors (Lipinski definition) is 1. The van der Waals surface area contributed by atoms with Gasteiger partial charge in [0.15, 0.2) is 0 Å². The van der Waals surface area contributed by atoms with Crippen molar-refractivity contribution in [2.45, 2.75) is 65.5 Å². The summed E-state index contributed by atoms with van der Waals surface area (Å²) in [4.78, 5) is 4.28. The van der Waals surface area contributed by atoms with Gasteiger partial charge in [-0.05, 0) is 37.9 Å². The fourth-order valence-corrected chi connectivity index (χ4v) is 2.02. The zero-order valence-electron chi connectivity index (χ0n) is 12.6. The Morgan fingerprint density at radius 2 is 2.11 bits per heavy atom. The molecular weight excluding hydrogens is 236 g/mol. The zero-order valence-corrected chi connectivity index (χ0v) is 12.6. The van der Waals surface area contributed by atoms with Gasteiger partial charge in [0.1, 0.15) is 0 Å². The van der Waals surface area contributed by atoms with Crippen LogP contribution in [-0.2, 0) is 6.54 Å². The zero-order chi connectivity index (χ0) is 13.9. The maximum Gasteiger partial charge on any atom is 0.213 e. The molecule has 0 fully saturated rings. The molecule has 0 saturated heterocycles. The predicted octanol–water partition coefficient (Wildman–Crippen LogP) is 3.93. The van der Waals surface area contributed by atoms with Gasteiger partial charge in [-0.25, -0.2) is 4.98 Å². The molecule has 0 aromatic carbocycles. The van der Waals surface area contributed by atoms with Gasteiger partial charge in [0.05, 0.1) is 6.10 Å². The Morgan fingerprint density at radius 3 is 2.84 bits per heavy atom. The topological polar surface area (TPSA) is 34.1 Å². The van der Waals surface area contributed by atoms with Crippen molar-refractivity contribution < 1.29 is 4.74 Å². The van der Waals surface area contributed by atoms with Crippen molar-refractivity contribution >= 4 is 0 Å². The molecule has 0 spiro atoms. The first kappa shape index (κ1) is 16.0. The van der Waals surface area contributed by atoms with E-state index in [1.807, 2.05) is 18.3 Å². The highest BCUT2D eigenvalue weighted by Crippen LogP contribution is 2.14. The molecule has 3 heteroatoms. The lowest BCUT2D eigenvalue weighted by molar-refractivity contribution is 0.198. The smallest absolute Gasteiger partial charge is 0.213 e. The van der Waals surface area contributed by atoms with Crippen LogP contribution in [0, 0.1) is 0 Å². The van der Waals surface area contributed by atoms with Gasteiger partial charge in [-0.15, -0.1) is 0 Å². The number of rotatable bonds is 10. The first-order valence-corrected chi connectivity index (χ1v) is 7.58. The van der Waals surface area contributed by atoms with Gasteiger partial charge in [-0.1, -0.05) is 33.1 Å². The third-order valence-electron chi connectivity index (χ3n) is 3.16. The summed E-state index contributed by atoms with van der Waals surface area (Å²) < 4.78 is 5.88. The van der Waals surface area contributed by atoms with Crippen molar-refractivity contribution in [1.82, 2.24) is 10.3 Å². The molecule has 0 bridgehead atoms. The minimum absolute atomic E-state index is 0.249. The molecule has 1 aromatic heterocycles. The maximum absolute atomic E-state index is 5.88. The Bertz CT molecular complexity index is 341. The standard InChI is InChI=1S/C16H28N2O/c1-4-6-7-8-9-14(3)19-16-12-15(10-11-18-16)13-17-5-2/h10-12,14,17H,4-9,13H2,1-3H3. The van der Waals surface area contributed by atoms with E-state index >= 15 is 0 Å². The van der Waals surface area contributed by atoms with Crippen LogP contribution < -0.4 is 10.1 Å². The fourth-order valence-electron chi connectivity index (χ4n) is 2.02. The number of unbranched alkanes of at least 4 members (excludes halogenated alkanes) is 3. The molecule has 108 valence electrons. The molecule has 3 nitrogen and oxygen atoms in total. The van der Waals surface area contributed by atoms with E-state index in [4.69, 9.17) is 4.74 Å². The van der Waals surface area contributed by atoms with E-state index in [-0.39, 0.29) is 6.10 Å². The van der Waals surface area contributed by atoms with E-state index in [1.165, 1.54) is 31.2 Å². The molecule has 1 N–H and O–H groups in total. The van der Waals surface area contributed by atoms with Gasteiger partial charge in [0.2, 0.25) is 5.88 Å². The summed E-state index contributed by atoms with van der Waals surface area (Å²) in [6.07, 6.45) is 8.33. The van der Waals surface area contributed by atoms with Crippen molar-refractivity contribution in [2.75, 3.05) is 6.54 Å². The second-order valence-electron chi connectivity index (χ2n) is 5.06. The number of nitrogens with one attached hydrogen (secondary N) is 1. The highest BCUT2D eigenvalue weighted by Gasteiger charge is 2.05. The molecule has 0 aliphatic heterocycles. The summed E-state index contributed by atoms with van der Waals surface area (Å²) in [5, 5.41) is 3.31. The predicted molar refractivity (Wildman–Crippen MR) is 80.5 cm³/mol. The Balaban J connectivity index is 2.34. The summed E-state index contributed by atoms with van der Waals surface area (Å²) in [5.74, 6) is 0.749. The summed E-state index contributed by atoms with van der Waals surface area (Å²) in [7, 11) is 0. The quantitative estimate of drug-likeness (QED) is 0.650. The van der Waals surface area contributed by atoms with Crippen molar-refractivity contribution in [3.63, 3.8) is 0 Å². The van der Waals surface area contributed by atoms with E-state index in [0.29, 0.717) is 0 Å². The number of aromatic nitrogens is 1. The van der Waals surface area contributed by atoms with Crippen molar-refractivity contribution in [3.8, 4) is 5.88 Å². The Kier molecular flexibility index (Phi) is 8.23. The molecule has 0 aliphatic carbocycles. The van der Waals surface area contributed by atoms with Crippen LogP contribution in [0.5, 0.6) is 5.88 Å². The van der Waals surface area contributed by atoms with Gasteiger partial charge < -0.3 is 10.1 Å². The molecule has 1 rings (SSSR count). The molecule has 0 saturated carbocycles. The van der Waals surface area contributed by atoms with Crippen LogP contribution in [-0.4, -0.2) is 17.6 Å². The highest BCUT2D eigenvalue weighted by atomic mass is 16.5. The van der Waals surface area contributed by atoms with Crippen molar-refractivity contribution in [2.24, 2.45) is 0 Å². The fraction of sp³-hybridized carbons (Fsp3) is 0.688. The minimum Gasteiger partial charge on any atom is -0.475 e. The average molecular weight is 264 g/mol. The van der Waals surface area contributed by atoms with E-state index in [9.17, 15) is 0 Å². The number of hydrogen-bond acceptors (Lipinski definition) is 3. The van der Waals surface area contributed by atoms with E-state index in [1.54, 1.807) is 0 Å². The number of ether oxygens (including phenoxy) is 1. The second kappa shape index (κ2) is 9.79. The Labute approximate surface area is 117 Å². The maximum atomic E-state index is 5.88. The van der Waals surface area contributed by atoms with Crippen LogP contribution in [0.4, 0.5) is 0 Å². The first-order valence-electron chi connectivity index (χ1n) is 7.58. The Morgan fingerprint density at radius 1 is 1.26 bits per heavy atom. The van der Waals surface area contributed by atoms with Crippen molar-refractivity contribution in [1.29, 1.82) is 0 Å². The molecule has 1 aromatic rings. The molecule has 0 aliphatic rings. The summed E-state index contributed by atoms with van der Waals surface area (Å²) >= 11 is 0. The van der Waals surface area contributed by atoms with Gasteiger partial charge in [-0.2, -0.15) is 0 Å². The molecule has 1 atom stereocenters. The largest absolute Gasteiger partial charge is 0.475 e. The van der Waals surface area contributed by atoms with Gasteiger partial charge in [0.25, 0.3) is 0 Å². The first-order chi connectivity index (χ1) is 9.26. The van der Waals surface area contributed by atoms with Crippen LogP contribution in [0.25, 0.3) is 0 Å². The van der Waals surface area contributed by atoms with Crippen LogP contribution in [0.15, 0.2) is 18.3 Å². The van der Waals surface area contributed by atoms with Gasteiger partial charge in [0, 0.05) is 18.8 Å². The lowest BCUT2D eigenvalue weighted by atomic mass is 10.1. The van der Waals surface area contributed by atoms with Crippen LogP contribution in [0.2, 0.25) is 0 Å². The molecule has 0 radical (unpaired) electrons. The number of nitrogens with zero attached hydrogens (tertiary/aromatic N) is 1. The lowest BCUT2D eigenvalue weighted by Crippen LogP contribution is -2.14. The molecule has 19 heavy (non-hydrogen) atoms. The van der Waals surface area contributed by atoms with Gasteiger partial charge in [-0.3, -0.25) is 0 Å². The van der Waals surface area contributed by atoms with Crippen LogP contribution >= 0.6 is 0 Å².